The lowest BCUT2D eigenvalue weighted by atomic mass is 10.1. The number of amides is 1. The monoisotopic (exact) mass is 444 g/mol. The highest BCUT2D eigenvalue weighted by Gasteiger charge is 2.15. The van der Waals surface area contributed by atoms with Gasteiger partial charge in [0.1, 0.15) is 0 Å². The van der Waals surface area contributed by atoms with E-state index in [1.54, 1.807) is 18.2 Å². The Morgan fingerprint density at radius 3 is 2.39 bits per heavy atom. The summed E-state index contributed by atoms with van der Waals surface area (Å²) in [7, 11) is -3.70. The van der Waals surface area contributed by atoms with Crippen molar-refractivity contribution in [2.45, 2.75) is 18.7 Å². The Morgan fingerprint density at radius 2 is 1.74 bits per heavy atom. The predicted octanol–water partition coefficient (Wildman–Crippen LogP) is 2.83. The molecule has 0 saturated heterocycles. The van der Waals surface area contributed by atoms with Gasteiger partial charge in [-0.15, -0.1) is 0 Å². The minimum absolute atomic E-state index is 0.137. The number of aryl methyl sites for hydroxylation is 1. The van der Waals surface area contributed by atoms with Crippen LogP contribution in [0.5, 0.6) is 0 Å². The molecule has 1 amide bonds. The first-order chi connectivity index (χ1) is 10.8. The average molecular weight is 444 g/mol. The molecule has 122 valence electrons. The molecule has 2 N–H and O–H groups in total. The van der Waals surface area contributed by atoms with Gasteiger partial charge in [-0.05, 0) is 77.9 Å². The molecule has 2 rings (SSSR count). The normalized spacial score (nSPS) is 11.3. The first kappa shape index (κ1) is 17.9. The van der Waals surface area contributed by atoms with Crippen LogP contribution in [0.25, 0.3) is 0 Å². The minimum Gasteiger partial charge on any atom is -0.325 e. The van der Waals surface area contributed by atoms with Gasteiger partial charge in [0, 0.05) is 9.26 Å². The molecular formula is C16H17IN2O3S. The molecule has 0 spiro atoms. The number of rotatable bonds is 5. The molecule has 0 fully saturated rings. The molecule has 0 unspecified atom stereocenters. The molecule has 0 aliphatic heterocycles. The maximum absolute atomic E-state index is 12.1. The van der Waals surface area contributed by atoms with Crippen molar-refractivity contribution in [3.8, 4) is 0 Å². The Balaban J connectivity index is 2.01. The Bertz CT molecular complexity index is 818. The number of halogens is 1. The van der Waals surface area contributed by atoms with Crippen molar-refractivity contribution < 1.29 is 13.2 Å². The summed E-state index contributed by atoms with van der Waals surface area (Å²) in [6, 6.07) is 12.0. The quantitative estimate of drug-likeness (QED) is 0.697. The van der Waals surface area contributed by atoms with Gasteiger partial charge < -0.3 is 5.32 Å². The molecule has 2 aromatic rings. The van der Waals surface area contributed by atoms with E-state index in [4.69, 9.17) is 0 Å². The number of carbonyl (C=O) groups is 1. The van der Waals surface area contributed by atoms with Crippen molar-refractivity contribution in [1.29, 1.82) is 0 Å². The molecule has 0 bridgehead atoms. The molecule has 0 radical (unpaired) electrons. The Morgan fingerprint density at radius 1 is 1.09 bits per heavy atom. The summed E-state index contributed by atoms with van der Waals surface area (Å²) in [5.41, 5.74) is 2.70. The van der Waals surface area contributed by atoms with Gasteiger partial charge >= 0.3 is 0 Å². The number of hydrogen-bond donors (Lipinski definition) is 2. The summed E-state index contributed by atoms with van der Waals surface area (Å²) in [6.07, 6.45) is 0. The summed E-state index contributed by atoms with van der Waals surface area (Å²) < 4.78 is 27.5. The Labute approximate surface area is 149 Å². The third kappa shape index (κ3) is 4.76. The summed E-state index contributed by atoms with van der Waals surface area (Å²) in [4.78, 5) is 12.1. The van der Waals surface area contributed by atoms with E-state index in [0.29, 0.717) is 5.69 Å². The van der Waals surface area contributed by atoms with E-state index in [9.17, 15) is 13.2 Å². The van der Waals surface area contributed by atoms with E-state index in [1.165, 1.54) is 12.1 Å². The van der Waals surface area contributed by atoms with E-state index in [0.717, 1.165) is 14.7 Å². The number of nitrogens with one attached hydrogen (secondary N) is 2. The lowest BCUT2D eigenvalue weighted by molar-refractivity contribution is -0.115. The number of hydrogen-bond acceptors (Lipinski definition) is 3. The summed E-state index contributed by atoms with van der Waals surface area (Å²) in [6.45, 7) is 3.53. The molecule has 0 aliphatic carbocycles. The highest BCUT2D eigenvalue weighted by molar-refractivity contribution is 14.1. The van der Waals surface area contributed by atoms with Crippen LogP contribution in [-0.4, -0.2) is 20.9 Å². The average Bonchev–Trinajstić information content (AvgIpc) is 2.50. The van der Waals surface area contributed by atoms with Crippen molar-refractivity contribution >= 4 is 44.2 Å². The number of anilines is 1. The van der Waals surface area contributed by atoms with Crippen LogP contribution in [0.4, 0.5) is 5.69 Å². The van der Waals surface area contributed by atoms with E-state index < -0.39 is 15.9 Å². The van der Waals surface area contributed by atoms with Crippen LogP contribution in [0.15, 0.2) is 47.4 Å². The Kier molecular flexibility index (Phi) is 5.77. The van der Waals surface area contributed by atoms with E-state index in [1.807, 2.05) is 26.0 Å². The fraction of sp³-hybridized carbons (Fsp3) is 0.188. The second-order valence-corrected chi connectivity index (χ2v) is 8.09. The standard InChI is InChI=1S/C16H17IN2O3S/c1-11-4-3-5-15(12(11)2)19-16(20)10-18-23(21,22)14-8-6-13(17)7-9-14/h3-9,18H,10H2,1-2H3,(H,19,20). The van der Waals surface area contributed by atoms with E-state index in [-0.39, 0.29) is 11.4 Å². The highest BCUT2D eigenvalue weighted by Crippen LogP contribution is 2.17. The number of benzene rings is 2. The predicted molar refractivity (Wildman–Crippen MR) is 98.9 cm³/mol. The third-order valence-electron chi connectivity index (χ3n) is 3.43. The van der Waals surface area contributed by atoms with Gasteiger partial charge in [-0.3, -0.25) is 4.79 Å². The Hall–Kier alpha value is -1.45. The van der Waals surface area contributed by atoms with Gasteiger partial charge in [0.2, 0.25) is 15.9 Å². The SMILES string of the molecule is Cc1cccc(NC(=O)CNS(=O)(=O)c2ccc(I)cc2)c1C. The zero-order valence-corrected chi connectivity index (χ0v) is 15.7. The molecule has 0 aromatic heterocycles. The van der Waals surface area contributed by atoms with E-state index in [2.05, 4.69) is 32.6 Å². The van der Waals surface area contributed by atoms with Crippen LogP contribution in [0.2, 0.25) is 0 Å². The van der Waals surface area contributed by atoms with Crippen LogP contribution in [0, 0.1) is 17.4 Å². The van der Waals surface area contributed by atoms with Crippen LogP contribution in [0.3, 0.4) is 0 Å². The second kappa shape index (κ2) is 7.41. The molecule has 0 aliphatic rings. The fourth-order valence-corrected chi connectivity index (χ4v) is 3.28. The fourth-order valence-electron chi connectivity index (χ4n) is 1.94. The van der Waals surface area contributed by atoms with Crippen molar-refractivity contribution in [2.24, 2.45) is 0 Å². The van der Waals surface area contributed by atoms with Crippen molar-refractivity contribution in [1.82, 2.24) is 4.72 Å². The lowest BCUT2D eigenvalue weighted by Gasteiger charge is -2.11. The first-order valence-corrected chi connectivity index (χ1v) is 9.47. The van der Waals surface area contributed by atoms with Gasteiger partial charge in [-0.1, -0.05) is 12.1 Å². The zero-order valence-electron chi connectivity index (χ0n) is 12.8. The van der Waals surface area contributed by atoms with Crippen LogP contribution < -0.4 is 10.0 Å². The van der Waals surface area contributed by atoms with Crippen molar-refractivity contribution in [2.75, 3.05) is 11.9 Å². The van der Waals surface area contributed by atoms with Crippen LogP contribution in [-0.2, 0) is 14.8 Å². The molecule has 0 saturated carbocycles. The number of carbonyl (C=O) groups excluding carboxylic acids is 1. The van der Waals surface area contributed by atoms with Crippen molar-refractivity contribution in [3.63, 3.8) is 0 Å². The van der Waals surface area contributed by atoms with Gasteiger partial charge in [-0.2, -0.15) is 0 Å². The first-order valence-electron chi connectivity index (χ1n) is 6.91. The molecule has 5 nitrogen and oxygen atoms in total. The van der Waals surface area contributed by atoms with Gasteiger partial charge in [0.25, 0.3) is 0 Å². The summed E-state index contributed by atoms with van der Waals surface area (Å²) in [5, 5.41) is 2.72. The molecule has 0 heterocycles. The molecule has 0 atom stereocenters. The van der Waals surface area contributed by atoms with Gasteiger partial charge in [-0.25, -0.2) is 13.1 Å². The van der Waals surface area contributed by atoms with Gasteiger partial charge in [0.15, 0.2) is 0 Å². The topological polar surface area (TPSA) is 75.3 Å². The second-order valence-electron chi connectivity index (χ2n) is 5.07. The third-order valence-corrected chi connectivity index (χ3v) is 5.56. The van der Waals surface area contributed by atoms with Crippen LogP contribution >= 0.6 is 22.6 Å². The lowest BCUT2D eigenvalue weighted by Crippen LogP contribution is -2.33. The van der Waals surface area contributed by atoms with Gasteiger partial charge in [0.05, 0.1) is 11.4 Å². The maximum Gasteiger partial charge on any atom is 0.241 e. The summed E-state index contributed by atoms with van der Waals surface area (Å²) >= 11 is 2.10. The smallest absolute Gasteiger partial charge is 0.241 e. The highest BCUT2D eigenvalue weighted by atomic mass is 127. The molecule has 23 heavy (non-hydrogen) atoms. The minimum atomic E-state index is -3.70. The molecule has 7 heteroatoms. The molecular weight excluding hydrogens is 427 g/mol. The summed E-state index contributed by atoms with van der Waals surface area (Å²) in [5.74, 6) is -0.409. The largest absolute Gasteiger partial charge is 0.325 e. The molecule has 2 aromatic carbocycles. The zero-order chi connectivity index (χ0) is 17.0. The van der Waals surface area contributed by atoms with Crippen LogP contribution in [0.1, 0.15) is 11.1 Å². The maximum atomic E-state index is 12.1. The van der Waals surface area contributed by atoms with E-state index >= 15 is 0 Å². The number of sulfonamides is 1. The van der Waals surface area contributed by atoms with Crippen molar-refractivity contribution in [3.05, 3.63) is 57.2 Å².